The molecular formula is C27H33F2NO6. The molecule has 7 nitrogen and oxygen atoms in total. The summed E-state index contributed by atoms with van der Waals surface area (Å²) in [5.41, 5.74) is 0.724. The molecule has 0 aromatic heterocycles. The average molecular weight is 506 g/mol. The number of carboxylic acid groups (broad SMARTS) is 1. The molecule has 0 bridgehead atoms. The third-order valence-corrected chi connectivity index (χ3v) is 7.10. The first-order chi connectivity index (χ1) is 17.4. The Labute approximate surface area is 209 Å². The molecule has 0 atom stereocenters. The van der Waals surface area contributed by atoms with Crippen LogP contribution in [-0.2, 0) is 20.9 Å². The Morgan fingerprint density at radius 2 is 1.83 bits per heavy atom. The number of ether oxygens (including phenoxy) is 4. The molecule has 1 saturated heterocycles. The summed E-state index contributed by atoms with van der Waals surface area (Å²) in [5, 5.41) is 13.1. The van der Waals surface area contributed by atoms with Crippen molar-refractivity contribution in [1.29, 1.82) is 0 Å². The van der Waals surface area contributed by atoms with Gasteiger partial charge in [0.05, 0.1) is 32.5 Å². The number of carboxylic acids is 1. The van der Waals surface area contributed by atoms with Gasteiger partial charge >= 0.3 is 5.97 Å². The number of hydrogen-bond donors (Lipinski definition) is 2. The normalized spacial score (nSPS) is 17.8. The highest BCUT2D eigenvalue weighted by Gasteiger charge is 2.40. The lowest BCUT2D eigenvalue weighted by Gasteiger charge is -2.35. The van der Waals surface area contributed by atoms with Crippen LogP contribution in [0.3, 0.4) is 0 Å². The fourth-order valence-electron chi connectivity index (χ4n) is 5.04. The summed E-state index contributed by atoms with van der Waals surface area (Å²) >= 11 is 0. The highest BCUT2D eigenvalue weighted by molar-refractivity contribution is 5.84. The van der Waals surface area contributed by atoms with E-state index in [0.717, 1.165) is 25.7 Å². The fourth-order valence-corrected chi connectivity index (χ4v) is 5.04. The number of nitrogens with one attached hydrogen (secondary N) is 1. The minimum absolute atomic E-state index is 0.0382. The monoisotopic (exact) mass is 505 g/mol. The topological polar surface area (TPSA) is 86.3 Å². The van der Waals surface area contributed by atoms with Crippen molar-refractivity contribution in [2.75, 3.05) is 32.8 Å². The Morgan fingerprint density at radius 3 is 2.44 bits per heavy atom. The minimum Gasteiger partial charge on any atom is -0.497 e. The van der Waals surface area contributed by atoms with Crippen LogP contribution in [0.1, 0.15) is 56.1 Å². The van der Waals surface area contributed by atoms with E-state index in [0.29, 0.717) is 48.6 Å². The minimum atomic E-state index is -2.78. The number of hydrogen-bond acceptors (Lipinski definition) is 6. The second-order valence-corrected chi connectivity index (χ2v) is 9.31. The largest absolute Gasteiger partial charge is 0.497 e. The van der Waals surface area contributed by atoms with Gasteiger partial charge in [-0.15, -0.1) is 0 Å². The van der Waals surface area contributed by atoms with Crippen molar-refractivity contribution in [3.63, 3.8) is 0 Å². The van der Waals surface area contributed by atoms with Gasteiger partial charge in [0.2, 0.25) is 0 Å². The van der Waals surface area contributed by atoms with Gasteiger partial charge in [-0.05, 0) is 47.7 Å². The maximum absolute atomic E-state index is 14.2. The maximum Gasteiger partial charge on any atom is 0.329 e. The van der Waals surface area contributed by atoms with E-state index in [-0.39, 0.29) is 29.6 Å². The quantitative estimate of drug-likeness (QED) is 0.421. The van der Waals surface area contributed by atoms with E-state index in [1.54, 1.807) is 24.3 Å². The number of carbonyl (C=O) groups is 1. The first kappa shape index (κ1) is 26.2. The molecule has 4 rings (SSSR count). The Morgan fingerprint density at radius 1 is 1.11 bits per heavy atom. The maximum atomic E-state index is 14.2. The molecule has 0 spiro atoms. The molecular weight excluding hydrogens is 472 g/mol. The molecule has 36 heavy (non-hydrogen) atoms. The van der Waals surface area contributed by atoms with Crippen LogP contribution in [-0.4, -0.2) is 50.2 Å². The first-order valence-corrected chi connectivity index (χ1v) is 12.2. The summed E-state index contributed by atoms with van der Waals surface area (Å²) < 4.78 is 50.7. The molecule has 0 amide bonds. The third-order valence-electron chi connectivity index (χ3n) is 7.10. The van der Waals surface area contributed by atoms with Gasteiger partial charge in [-0.2, -0.15) is 0 Å². The molecule has 1 heterocycles. The van der Waals surface area contributed by atoms with Gasteiger partial charge < -0.3 is 29.4 Å². The zero-order valence-corrected chi connectivity index (χ0v) is 20.6. The van der Waals surface area contributed by atoms with Crippen molar-refractivity contribution in [2.45, 2.75) is 63.2 Å². The number of rotatable bonds is 10. The molecule has 0 unspecified atom stereocenters. The smallest absolute Gasteiger partial charge is 0.329 e. The number of aliphatic carboxylic acids is 1. The van der Waals surface area contributed by atoms with Crippen molar-refractivity contribution in [1.82, 2.24) is 0 Å². The summed E-state index contributed by atoms with van der Waals surface area (Å²) in [6.07, 6.45) is 2.11. The number of benzene rings is 2. The molecule has 1 saturated carbocycles. The van der Waals surface area contributed by atoms with E-state index < -0.39 is 17.9 Å². The zero-order chi connectivity index (χ0) is 25.7. The number of methoxy groups -OCH3 is 2. The first-order valence-electron chi connectivity index (χ1n) is 12.2. The lowest BCUT2D eigenvalue weighted by molar-refractivity contribution is -0.145. The van der Waals surface area contributed by atoms with Crippen molar-refractivity contribution in [2.24, 2.45) is 0 Å². The van der Waals surface area contributed by atoms with Crippen molar-refractivity contribution < 1.29 is 37.6 Å². The van der Waals surface area contributed by atoms with E-state index in [4.69, 9.17) is 18.9 Å². The van der Waals surface area contributed by atoms with Gasteiger partial charge in [-0.25, -0.2) is 13.6 Å². The summed E-state index contributed by atoms with van der Waals surface area (Å²) in [4.78, 5) is 12.2. The Balaban J connectivity index is 1.77. The summed E-state index contributed by atoms with van der Waals surface area (Å²) in [7, 11) is 2.82. The van der Waals surface area contributed by atoms with Crippen molar-refractivity contribution >= 4 is 11.7 Å². The predicted molar refractivity (Wildman–Crippen MR) is 131 cm³/mol. The molecule has 2 aromatic carbocycles. The molecule has 0 radical (unpaired) electrons. The van der Waals surface area contributed by atoms with Crippen molar-refractivity contribution in [3.05, 3.63) is 41.5 Å². The van der Waals surface area contributed by atoms with Gasteiger partial charge in [0.1, 0.15) is 17.0 Å². The van der Waals surface area contributed by atoms with E-state index in [1.165, 1.54) is 20.3 Å². The molecule has 2 fully saturated rings. The van der Waals surface area contributed by atoms with Crippen LogP contribution in [0.15, 0.2) is 30.3 Å². The standard InChI is InChI=1S/C27H33F2NO6/c1-33-20-14-22(24(25(28)29)23(15-20)34-2)21-8-7-18(13-17(21)16-36-19-5-3-4-6-19)30-27(26(31)32)9-11-35-12-10-27/h7-8,13-15,19,25,30H,3-6,9-12,16H2,1-2H3,(H,31,32). The number of anilines is 1. The van der Waals surface area contributed by atoms with Crippen LogP contribution < -0.4 is 14.8 Å². The summed E-state index contributed by atoms with van der Waals surface area (Å²) in [6, 6.07) is 8.26. The predicted octanol–water partition coefficient (Wildman–Crippen LogP) is 5.81. The fraction of sp³-hybridized carbons (Fsp3) is 0.519. The van der Waals surface area contributed by atoms with Crippen molar-refractivity contribution in [3.8, 4) is 22.6 Å². The average Bonchev–Trinajstić information content (AvgIpc) is 3.41. The lowest BCUT2D eigenvalue weighted by atomic mass is 9.89. The molecule has 196 valence electrons. The molecule has 1 aliphatic carbocycles. The van der Waals surface area contributed by atoms with Gasteiger partial charge in [0, 0.05) is 37.8 Å². The second-order valence-electron chi connectivity index (χ2n) is 9.31. The van der Waals surface area contributed by atoms with Crippen LogP contribution >= 0.6 is 0 Å². The molecule has 1 aliphatic heterocycles. The summed E-state index contributed by atoms with van der Waals surface area (Å²) in [6.45, 7) is 0.897. The SMILES string of the molecule is COc1cc(OC)c(C(F)F)c(-c2ccc(NC3(C(=O)O)CCOCC3)cc2COC2CCCC2)c1. The number of alkyl halides is 2. The molecule has 9 heteroatoms. The van der Waals surface area contributed by atoms with E-state index in [1.807, 2.05) is 0 Å². The van der Waals surface area contributed by atoms with Crippen LogP contribution in [0.5, 0.6) is 11.5 Å². The highest BCUT2D eigenvalue weighted by atomic mass is 19.3. The molecule has 2 aromatic rings. The highest BCUT2D eigenvalue weighted by Crippen LogP contribution is 2.43. The van der Waals surface area contributed by atoms with Gasteiger partial charge in [0.25, 0.3) is 6.43 Å². The number of halogens is 2. The van der Waals surface area contributed by atoms with E-state index in [2.05, 4.69) is 5.32 Å². The molecule has 2 N–H and O–H groups in total. The third kappa shape index (κ3) is 5.57. The van der Waals surface area contributed by atoms with Gasteiger partial charge in [-0.3, -0.25) is 0 Å². The zero-order valence-electron chi connectivity index (χ0n) is 20.6. The molecule has 2 aliphatic rings. The van der Waals surface area contributed by atoms with Crippen LogP contribution in [0.4, 0.5) is 14.5 Å². The van der Waals surface area contributed by atoms with Crippen LogP contribution in [0.2, 0.25) is 0 Å². The second kappa shape index (κ2) is 11.4. The van der Waals surface area contributed by atoms with E-state index in [9.17, 15) is 18.7 Å². The van der Waals surface area contributed by atoms with E-state index >= 15 is 0 Å². The van der Waals surface area contributed by atoms with Gasteiger partial charge in [0.15, 0.2) is 0 Å². The Kier molecular flexibility index (Phi) is 8.31. The van der Waals surface area contributed by atoms with Crippen LogP contribution in [0, 0.1) is 0 Å². The lowest BCUT2D eigenvalue weighted by Crippen LogP contribution is -2.50. The Hall–Kier alpha value is -2.91. The van der Waals surface area contributed by atoms with Gasteiger partial charge in [-0.1, -0.05) is 18.9 Å². The Bertz CT molecular complexity index is 1060. The van der Waals surface area contributed by atoms with Crippen LogP contribution in [0.25, 0.3) is 11.1 Å². The summed E-state index contributed by atoms with van der Waals surface area (Å²) in [5.74, 6) is -0.518.